The smallest absolute Gasteiger partial charge is 0.407 e. The van der Waals surface area contributed by atoms with Gasteiger partial charge in [-0.05, 0) is 42.0 Å². The highest BCUT2D eigenvalue weighted by molar-refractivity contribution is 5.89. The number of carbonyl (C=O) groups is 3. The first kappa shape index (κ1) is 24.7. The number of fused-ring (bicyclic) bond motifs is 3. The monoisotopic (exact) mass is 480 g/mol. The van der Waals surface area contributed by atoms with Gasteiger partial charge in [0.05, 0.1) is 18.6 Å². The Morgan fingerprint density at radius 2 is 1.63 bits per heavy atom. The fourth-order valence-corrected chi connectivity index (χ4v) is 5.03. The fraction of sp³-hybridized carbons (Fsp3) is 0.444. The van der Waals surface area contributed by atoms with Gasteiger partial charge in [-0.25, -0.2) is 4.79 Å². The van der Waals surface area contributed by atoms with Gasteiger partial charge in [0, 0.05) is 12.5 Å². The standard InChI is InChI=1S/C27H32N2O6/c1-27(12-6-7-13-27)35-15-14-28-25(32)23(16-24(30)31)29-26(33)34-17-22-20-10-4-2-8-18(20)19-9-3-5-11-21(19)22/h2-5,8-11,22-23H,6-7,12-17H2,1H3,(H,28,32)(H,29,33)(H,30,31). The van der Waals surface area contributed by atoms with Gasteiger partial charge in [0.25, 0.3) is 0 Å². The van der Waals surface area contributed by atoms with E-state index in [-0.39, 0.29) is 24.7 Å². The molecule has 2 aromatic carbocycles. The molecule has 35 heavy (non-hydrogen) atoms. The SMILES string of the molecule is CC1(OCCNC(=O)C(CC(=O)O)NC(=O)OCC2c3ccccc3-c3ccccc32)CCCC1. The second-order valence-corrected chi connectivity index (χ2v) is 9.42. The Balaban J connectivity index is 1.31. The van der Waals surface area contributed by atoms with Crippen molar-refractivity contribution < 1.29 is 29.0 Å². The molecule has 1 fully saturated rings. The van der Waals surface area contributed by atoms with Crippen molar-refractivity contribution >= 4 is 18.0 Å². The van der Waals surface area contributed by atoms with Crippen LogP contribution in [0.3, 0.4) is 0 Å². The van der Waals surface area contributed by atoms with E-state index in [4.69, 9.17) is 9.47 Å². The fourth-order valence-electron chi connectivity index (χ4n) is 5.03. The molecule has 0 saturated heterocycles. The molecule has 1 atom stereocenters. The lowest BCUT2D eigenvalue weighted by atomic mass is 9.98. The van der Waals surface area contributed by atoms with Gasteiger partial charge in [0.2, 0.25) is 5.91 Å². The predicted octanol–water partition coefficient (Wildman–Crippen LogP) is 3.83. The summed E-state index contributed by atoms with van der Waals surface area (Å²) >= 11 is 0. The first-order valence-electron chi connectivity index (χ1n) is 12.1. The van der Waals surface area contributed by atoms with E-state index in [9.17, 15) is 19.5 Å². The van der Waals surface area contributed by atoms with Crippen LogP contribution in [0.5, 0.6) is 0 Å². The molecule has 8 nitrogen and oxygen atoms in total. The maximum atomic E-state index is 12.6. The second kappa shape index (κ2) is 10.9. The predicted molar refractivity (Wildman–Crippen MR) is 130 cm³/mol. The van der Waals surface area contributed by atoms with E-state index in [1.54, 1.807) is 0 Å². The minimum atomic E-state index is -1.25. The molecule has 2 amide bonds. The van der Waals surface area contributed by atoms with Crippen LogP contribution in [0.25, 0.3) is 11.1 Å². The largest absolute Gasteiger partial charge is 0.481 e. The van der Waals surface area contributed by atoms with Gasteiger partial charge < -0.3 is 25.2 Å². The van der Waals surface area contributed by atoms with Gasteiger partial charge in [-0.1, -0.05) is 61.4 Å². The van der Waals surface area contributed by atoms with Crippen molar-refractivity contribution in [1.82, 2.24) is 10.6 Å². The zero-order chi connectivity index (χ0) is 24.8. The van der Waals surface area contributed by atoms with E-state index in [0.717, 1.165) is 47.9 Å². The van der Waals surface area contributed by atoms with Crippen LogP contribution < -0.4 is 10.6 Å². The molecule has 2 aromatic rings. The van der Waals surface area contributed by atoms with Crippen molar-refractivity contribution in [2.45, 2.75) is 56.6 Å². The van der Waals surface area contributed by atoms with Gasteiger partial charge in [0.15, 0.2) is 0 Å². The highest BCUT2D eigenvalue weighted by Gasteiger charge is 2.31. The number of rotatable bonds is 10. The third kappa shape index (κ3) is 6.00. The number of amides is 2. The van der Waals surface area contributed by atoms with Crippen molar-refractivity contribution in [2.24, 2.45) is 0 Å². The van der Waals surface area contributed by atoms with Crippen molar-refractivity contribution in [1.29, 1.82) is 0 Å². The third-order valence-corrected chi connectivity index (χ3v) is 6.84. The van der Waals surface area contributed by atoms with Gasteiger partial charge in [-0.3, -0.25) is 9.59 Å². The Morgan fingerprint density at radius 1 is 1.03 bits per heavy atom. The maximum absolute atomic E-state index is 12.6. The van der Waals surface area contributed by atoms with Crippen LogP contribution in [0, 0.1) is 0 Å². The molecule has 8 heteroatoms. The van der Waals surface area contributed by atoms with Crippen LogP contribution in [0.1, 0.15) is 56.1 Å². The zero-order valence-corrected chi connectivity index (χ0v) is 19.9. The van der Waals surface area contributed by atoms with E-state index in [0.29, 0.717) is 6.61 Å². The van der Waals surface area contributed by atoms with Crippen LogP contribution >= 0.6 is 0 Å². The molecule has 0 aliphatic heterocycles. The molecule has 186 valence electrons. The zero-order valence-electron chi connectivity index (χ0n) is 19.9. The third-order valence-electron chi connectivity index (χ3n) is 6.84. The number of carbonyl (C=O) groups excluding carboxylic acids is 2. The number of aliphatic carboxylic acids is 1. The van der Waals surface area contributed by atoms with E-state index >= 15 is 0 Å². The Kier molecular flexibility index (Phi) is 7.70. The lowest BCUT2D eigenvalue weighted by Gasteiger charge is -2.24. The summed E-state index contributed by atoms with van der Waals surface area (Å²) in [5, 5.41) is 14.3. The van der Waals surface area contributed by atoms with E-state index in [2.05, 4.69) is 17.6 Å². The van der Waals surface area contributed by atoms with Crippen molar-refractivity contribution in [3.05, 3.63) is 59.7 Å². The molecule has 4 rings (SSSR count). The molecule has 2 aliphatic rings. The summed E-state index contributed by atoms with van der Waals surface area (Å²) in [5.41, 5.74) is 4.18. The number of carboxylic acid groups (broad SMARTS) is 1. The van der Waals surface area contributed by atoms with Gasteiger partial charge in [-0.2, -0.15) is 0 Å². The number of alkyl carbamates (subject to hydrolysis) is 1. The van der Waals surface area contributed by atoms with Crippen LogP contribution in [-0.4, -0.2) is 54.5 Å². The molecule has 0 aromatic heterocycles. The van der Waals surface area contributed by atoms with Gasteiger partial charge in [-0.15, -0.1) is 0 Å². The van der Waals surface area contributed by atoms with E-state index in [1.807, 2.05) is 48.5 Å². The number of hydrogen-bond donors (Lipinski definition) is 3. The number of nitrogens with one attached hydrogen (secondary N) is 2. The lowest BCUT2D eigenvalue weighted by molar-refractivity contribution is -0.139. The summed E-state index contributed by atoms with van der Waals surface area (Å²) < 4.78 is 11.4. The normalized spacial score (nSPS) is 16.7. The van der Waals surface area contributed by atoms with Crippen molar-refractivity contribution in [3.63, 3.8) is 0 Å². The Labute approximate surface area is 205 Å². The number of hydrogen-bond acceptors (Lipinski definition) is 5. The minimum Gasteiger partial charge on any atom is -0.481 e. The Morgan fingerprint density at radius 3 is 2.23 bits per heavy atom. The Bertz CT molecular complexity index is 1030. The molecule has 2 aliphatic carbocycles. The van der Waals surface area contributed by atoms with Gasteiger partial charge >= 0.3 is 12.1 Å². The molecule has 3 N–H and O–H groups in total. The van der Waals surface area contributed by atoms with Crippen molar-refractivity contribution in [3.8, 4) is 11.1 Å². The molecule has 0 spiro atoms. The van der Waals surface area contributed by atoms with Crippen molar-refractivity contribution in [2.75, 3.05) is 19.8 Å². The molecule has 1 unspecified atom stereocenters. The van der Waals surface area contributed by atoms with Crippen LogP contribution in [0.15, 0.2) is 48.5 Å². The summed E-state index contributed by atoms with van der Waals surface area (Å²) in [6, 6.07) is 14.7. The number of carboxylic acids is 1. The first-order valence-corrected chi connectivity index (χ1v) is 12.1. The number of benzene rings is 2. The Hall–Kier alpha value is -3.39. The summed E-state index contributed by atoms with van der Waals surface area (Å²) in [6.07, 6.45) is 2.87. The quantitative estimate of drug-likeness (QED) is 0.446. The average Bonchev–Trinajstić information content (AvgIpc) is 3.41. The molecular formula is C27H32N2O6. The minimum absolute atomic E-state index is 0.0771. The second-order valence-electron chi connectivity index (χ2n) is 9.42. The molecular weight excluding hydrogens is 448 g/mol. The molecule has 0 bridgehead atoms. The van der Waals surface area contributed by atoms with E-state index < -0.39 is 30.4 Å². The first-order chi connectivity index (χ1) is 16.9. The van der Waals surface area contributed by atoms with E-state index in [1.165, 1.54) is 0 Å². The van der Waals surface area contributed by atoms with Gasteiger partial charge in [0.1, 0.15) is 12.6 Å². The summed E-state index contributed by atoms with van der Waals surface area (Å²) in [7, 11) is 0. The summed E-state index contributed by atoms with van der Waals surface area (Å²) in [4.78, 5) is 36.4. The lowest BCUT2D eigenvalue weighted by Crippen LogP contribution is -2.49. The summed E-state index contributed by atoms with van der Waals surface area (Å²) in [5.74, 6) is -1.91. The van der Waals surface area contributed by atoms with Crippen LogP contribution in [0.4, 0.5) is 4.79 Å². The van der Waals surface area contributed by atoms with Crippen LogP contribution in [0.2, 0.25) is 0 Å². The highest BCUT2D eigenvalue weighted by atomic mass is 16.5. The number of ether oxygens (including phenoxy) is 2. The molecule has 0 heterocycles. The van der Waals surface area contributed by atoms with Crippen LogP contribution in [-0.2, 0) is 19.1 Å². The molecule has 0 radical (unpaired) electrons. The summed E-state index contributed by atoms with van der Waals surface area (Å²) in [6.45, 7) is 2.70. The molecule has 1 saturated carbocycles. The maximum Gasteiger partial charge on any atom is 0.407 e. The average molecular weight is 481 g/mol. The highest BCUT2D eigenvalue weighted by Crippen LogP contribution is 2.44. The topological polar surface area (TPSA) is 114 Å².